The van der Waals surface area contributed by atoms with Crippen molar-refractivity contribution in [1.82, 2.24) is 0 Å². The molecule has 2 aromatic carbocycles. The van der Waals surface area contributed by atoms with E-state index in [1.165, 1.54) is 0 Å². The maximum Gasteiger partial charge on any atom is 0.313 e. The monoisotopic (exact) mass is 352 g/mol. The lowest BCUT2D eigenvalue weighted by molar-refractivity contribution is -0.156. The number of nitrogens with zero attached hydrogens (tertiary/aromatic N) is 1. The SMILES string of the molecule is CC(C(=O)OC(C)(C)C)c1ccc(N2Cc3cccc(N)c3C2=O)cc1. The standard InChI is InChI=1S/C21H24N2O3/c1-13(20(25)26-21(2,3)4)14-8-10-16(11-9-14)23-12-15-6-5-7-17(22)18(15)19(23)24/h5-11,13H,12,22H2,1-4H3. The predicted molar refractivity (Wildman–Crippen MR) is 102 cm³/mol. The van der Waals surface area contributed by atoms with E-state index in [0.717, 1.165) is 16.8 Å². The molecule has 0 spiro atoms. The molecule has 1 unspecified atom stereocenters. The van der Waals surface area contributed by atoms with Crippen LogP contribution in [0.3, 0.4) is 0 Å². The number of rotatable bonds is 3. The van der Waals surface area contributed by atoms with E-state index in [0.29, 0.717) is 17.8 Å². The summed E-state index contributed by atoms with van der Waals surface area (Å²) in [5.74, 6) is -0.723. The summed E-state index contributed by atoms with van der Waals surface area (Å²) in [5.41, 5.74) is 9.09. The van der Waals surface area contributed by atoms with Gasteiger partial charge in [0.25, 0.3) is 5.91 Å². The Morgan fingerprint density at radius 3 is 2.38 bits per heavy atom. The summed E-state index contributed by atoms with van der Waals surface area (Å²) in [4.78, 5) is 26.6. The van der Waals surface area contributed by atoms with Gasteiger partial charge in [-0.2, -0.15) is 0 Å². The average molecular weight is 352 g/mol. The normalized spacial score (nSPS) is 14.9. The Hall–Kier alpha value is -2.82. The Morgan fingerprint density at radius 1 is 1.15 bits per heavy atom. The fraction of sp³-hybridized carbons (Fsp3) is 0.333. The lowest BCUT2D eigenvalue weighted by atomic mass is 10.0. The fourth-order valence-electron chi connectivity index (χ4n) is 3.07. The van der Waals surface area contributed by atoms with E-state index < -0.39 is 5.60 Å². The van der Waals surface area contributed by atoms with Crippen LogP contribution in [0.2, 0.25) is 0 Å². The predicted octanol–water partition coefficient (Wildman–Crippen LogP) is 3.87. The molecule has 2 N–H and O–H groups in total. The van der Waals surface area contributed by atoms with Gasteiger partial charge in [-0.05, 0) is 57.0 Å². The number of esters is 1. The van der Waals surface area contributed by atoms with E-state index in [9.17, 15) is 9.59 Å². The van der Waals surface area contributed by atoms with Gasteiger partial charge in [0.05, 0.1) is 18.0 Å². The second-order valence-electron chi connectivity index (χ2n) is 7.62. The Morgan fingerprint density at radius 2 is 1.81 bits per heavy atom. The molecule has 0 aliphatic carbocycles. The highest BCUT2D eigenvalue weighted by atomic mass is 16.6. The second kappa shape index (κ2) is 6.48. The number of fused-ring (bicyclic) bond motifs is 1. The Kier molecular flexibility index (Phi) is 4.48. The van der Waals surface area contributed by atoms with Crippen molar-refractivity contribution in [2.24, 2.45) is 0 Å². The Labute approximate surface area is 153 Å². The van der Waals surface area contributed by atoms with Crippen molar-refractivity contribution in [2.45, 2.75) is 45.8 Å². The second-order valence-corrected chi connectivity index (χ2v) is 7.62. The summed E-state index contributed by atoms with van der Waals surface area (Å²) in [6.45, 7) is 7.87. The summed E-state index contributed by atoms with van der Waals surface area (Å²) >= 11 is 0. The minimum absolute atomic E-state index is 0.0916. The Bertz CT molecular complexity index is 851. The van der Waals surface area contributed by atoms with Crippen molar-refractivity contribution in [1.29, 1.82) is 0 Å². The minimum atomic E-state index is -0.515. The van der Waals surface area contributed by atoms with Crippen LogP contribution in [-0.4, -0.2) is 17.5 Å². The van der Waals surface area contributed by atoms with Crippen molar-refractivity contribution >= 4 is 23.3 Å². The van der Waals surface area contributed by atoms with Crippen molar-refractivity contribution in [2.75, 3.05) is 10.6 Å². The van der Waals surface area contributed by atoms with Crippen molar-refractivity contribution in [3.63, 3.8) is 0 Å². The molecule has 2 aromatic rings. The number of carbonyl (C=O) groups is 2. The number of carbonyl (C=O) groups excluding carboxylic acids is 2. The highest BCUT2D eigenvalue weighted by molar-refractivity contribution is 6.13. The Balaban J connectivity index is 1.78. The molecule has 5 nitrogen and oxygen atoms in total. The molecule has 0 radical (unpaired) electrons. The van der Waals surface area contributed by atoms with Crippen LogP contribution in [0.4, 0.5) is 11.4 Å². The number of hydrogen-bond donors (Lipinski definition) is 1. The number of nitrogen functional groups attached to an aromatic ring is 1. The first-order chi connectivity index (χ1) is 12.2. The van der Waals surface area contributed by atoms with Gasteiger partial charge in [-0.25, -0.2) is 0 Å². The van der Waals surface area contributed by atoms with Gasteiger partial charge >= 0.3 is 5.97 Å². The highest BCUT2D eigenvalue weighted by Crippen LogP contribution is 2.32. The number of nitrogens with two attached hydrogens (primary N) is 1. The van der Waals surface area contributed by atoms with Crippen LogP contribution < -0.4 is 10.6 Å². The maximum atomic E-state index is 12.7. The molecule has 3 rings (SSSR count). The van der Waals surface area contributed by atoms with Crippen LogP contribution in [0.25, 0.3) is 0 Å². The van der Waals surface area contributed by atoms with Gasteiger partial charge in [0.1, 0.15) is 5.60 Å². The molecule has 0 bridgehead atoms. The lowest BCUT2D eigenvalue weighted by Gasteiger charge is -2.23. The van der Waals surface area contributed by atoms with Crippen molar-refractivity contribution < 1.29 is 14.3 Å². The first-order valence-corrected chi connectivity index (χ1v) is 8.69. The summed E-state index contributed by atoms with van der Waals surface area (Å²) in [6, 6.07) is 13.0. The van der Waals surface area contributed by atoms with E-state index in [-0.39, 0.29) is 17.8 Å². The molecule has 1 heterocycles. The molecule has 0 fully saturated rings. The van der Waals surface area contributed by atoms with Gasteiger partial charge in [0.15, 0.2) is 0 Å². The molecule has 1 aliphatic rings. The van der Waals surface area contributed by atoms with Crippen molar-refractivity contribution in [3.05, 3.63) is 59.2 Å². The number of hydrogen-bond acceptors (Lipinski definition) is 4. The minimum Gasteiger partial charge on any atom is -0.460 e. The third kappa shape index (κ3) is 3.43. The van der Waals surface area contributed by atoms with Gasteiger partial charge < -0.3 is 15.4 Å². The molecule has 0 saturated carbocycles. The summed E-state index contributed by atoms with van der Waals surface area (Å²) in [6.07, 6.45) is 0. The van der Waals surface area contributed by atoms with Crippen LogP contribution in [0.1, 0.15) is 55.1 Å². The van der Waals surface area contributed by atoms with E-state index in [1.807, 2.05) is 64.1 Å². The van der Waals surface area contributed by atoms with Gasteiger partial charge in [-0.15, -0.1) is 0 Å². The summed E-state index contributed by atoms with van der Waals surface area (Å²) in [7, 11) is 0. The largest absolute Gasteiger partial charge is 0.460 e. The van der Waals surface area contributed by atoms with Gasteiger partial charge in [-0.1, -0.05) is 24.3 Å². The molecule has 0 aromatic heterocycles. The fourth-order valence-corrected chi connectivity index (χ4v) is 3.07. The van der Waals surface area contributed by atoms with E-state index in [4.69, 9.17) is 10.5 Å². The smallest absolute Gasteiger partial charge is 0.313 e. The van der Waals surface area contributed by atoms with Gasteiger partial charge in [0, 0.05) is 11.4 Å². The number of ether oxygens (including phenoxy) is 1. The lowest BCUT2D eigenvalue weighted by Crippen LogP contribution is -2.27. The maximum absolute atomic E-state index is 12.7. The molecule has 1 amide bonds. The van der Waals surface area contributed by atoms with E-state index in [1.54, 1.807) is 11.0 Å². The first-order valence-electron chi connectivity index (χ1n) is 8.69. The molecule has 1 atom stereocenters. The quantitative estimate of drug-likeness (QED) is 0.672. The first kappa shape index (κ1) is 18.0. The summed E-state index contributed by atoms with van der Waals surface area (Å²) in [5, 5.41) is 0. The molecular weight excluding hydrogens is 328 g/mol. The van der Waals surface area contributed by atoms with E-state index in [2.05, 4.69) is 0 Å². The van der Waals surface area contributed by atoms with Gasteiger partial charge in [0.2, 0.25) is 0 Å². The van der Waals surface area contributed by atoms with Crippen LogP contribution in [0, 0.1) is 0 Å². The van der Waals surface area contributed by atoms with Crippen LogP contribution >= 0.6 is 0 Å². The number of amides is 1. The molecule has 0 saturated heterocycles. The molecular formula is C21H24N2O3. The van der Waals surface area contributed by atoms with Crippen LogP contribution in [0.15, 0.2) is 42.5 Å². The average Bonchev–Trinajstić information content (AvgIpc) is 2.91. The molecule has 136 valence electrons. The zero-order valence-electron chi connectivity index (χ0n) is 15.6. The molecule has 1 aliphatic heterocycles. The number of anilines is 2. The zero-order valence-corrected chi connectivity index (χ0v) is 15.6. The topological polar surface area (TPSA) is 72.6 Å². The zero-order chi connectivity index (χ0) is 19.1. The van der Waals surface area contributed by atoms with Crippen molar-refractivity contribution in [3.8, 4) is 0 Å². The third-order valence-corrected chi connectivity index (χ3v) is 4.44. The molecule has 26 heavy (non-hydrogen) atoms. The third-order valence-electron chi connectivity index (χ3n) is 4.44. The highest BCUT2D eigenvalue weighted by Gasteiger charge is 2.30. The summed E-state index contributed by atoms with van der Waals surface area (Å²) < 4.78 is 5.44. The molecule has 5 heteroatoms. The van der Waals surface area contributed by atoms with Crippen LogP contribution in [-0.2, 0) is 16.1 Å². The van der Waals surface area contributed by atoms with E-state index >= 15 is 0 Å². The van der Waals surface area contributed by atoms with Crippen LogP contribution in [0.5, 0.6) is 0 Å². The van der Waals surface area contributed by atoms with Gasteiger partial charge in [-0.3, -0.25) is 9.59 Å². The number of benzene rings is 2.